The van der Waals surface area contributed by atoms with Crippen LogP contribution in [0.5, 0.6) is 11.5 Å². The Morgan fingerprint density at radius 1 is 1.26 bits per heavy atom. The Morgan fingerprint density at radius 2 is 2.13 bits per heavy atom. The Kier molecular flexibility index (Phi) is 5.17. The van der Waals surface area contributed by atoms with Crippen molar-refractivity contribution in [3.8, 4) is 11.5 Å². The van der Waals surface area contributed by atoms with Crippen LogP contribution in [0.1, 0.15) is 5.76 Å². The van der Waals surface area contributed by atoms with Gasteiger partial charge >= 0.3 is 0 Å². The van der Waals surface area contributed by atoms with Gasteiger partial charge in [0.15, 0.2) is 11.5 Å². The van der Waals surface area contributed by atoms with Crippen LogP contribution in [0.3, 0.4) is 0 Å². The minimum absolute atomic E-state index is 0.120. The predicted molar refractivity (Wildman–Crippen MR) is 85.7 cm³/mol. The van der Waals surface area contributed by atoms with Gasteiger partial charge in [-0.25, -0.2) is 5.43 Å². The summed E-state index contributed by atoms with van der Waals surface area (Å²) in [6.45, 7) is 1.23. The summed E-state index contributed by atoms with van der Waals surface area (Å²) < 4.78 is 19.0. The number of ether oxygens (including phenoxy) is 2. The predicted octanol–water partition coefficient (Wildman–Crippen LogP) is 1.80. The molecule has 0 unspecified atom stereocenters. The van der Waals surface area contributed by atoms with Gasteiger partial charge in [-0.2, -0.15) is 5.10 Å². The molecule has 1 amide bonds. The molecule has 0 radical (unpaired) electrons. The Bertz CT molecular complexity index is 688. The monoisotopic (exact) mass is 333 g/mol. The summed E-state index contributed by atoms with van der Waals surface area (Å²) in [5.74, 6) is 1.78. The van der Waals surface area contributed by atoms with Gasteiger partial charge < -0.3 is 13.9 Å². The van der Waals surface area contributed by atoms with Crippen molar-refractivity contribution in [3.63, 3.8) is 0 Å². The van der Waals surface area contributed by atoms with Crippen molar-refractivity contribution in [2.75, 3.05) is 19.8 Å². The van der Waals surface area contributed by atoms with E-state index in [-0.39, 0.29) is 12.5 Å². The van der Waals surface area contributed by atoms with E-state index in [2.05, 4.69) is 15.2 Å². The second-order valence-corrected chi connectivity index (χ2v) is 5.50. The van der Waals surface area contributed by atoms with Gasteiger partial charge in [0.25, 0.3) is 5.91 Å². The van der Waals surface area contributed by atoms with Crippen LogP contribution in [0.2, 0.25) is 0 Å². The lowest BCUT2D eigenvalue weighted by atomic mass is 10.3. The average molecular weight is 333 g/mol. The van der Waals surface area contributed by atoms with Crippen molar-refractivity contribution >= 4 is 24.1 Å². The lowest BCUT2D eigenvalue weighted by Gasteiger charge is -2.18. The van der Waals surface area contributed by atoms with E-state index < -0.39 is 0 Å². The summed E-state index contributed by atoms with van der Waals surface area (Å²) in [6.07, 6.45) is 2.97. The summed E-state index contributed by atoms with van der Waals surface area (Å²) in [6, 6.07) is 9.11. The van der Waals surface area contributed by atoms with E-state index in [1.54, 1.807) is 12.1 Å². The van der Waals surface area contributed by atoms with E-state index in [1.807, 2.05) is 18.2 Å². The van der Waals surface area contributed by atoms with E-state index in [1.165, 1.54) is 24.4 Å². The van der Waals surface area contributed by atoms with Crippen LogP contribution < -0.4 is 19.6 Å². The van der Waals surface area contributed by atoms with Gasteiger partial charge in [-0.3, -0.25) is 9.52 Å². The first-order chi connectivity index (χ1) is 11.3. The molecule has 0 bridgehead atoms. The number of hydrogen-bond donors (Lipinski definition) is 2. The number of nitrogens with zero attached hydrogens (tertiary/aromatic N) is 1. The molecule has 120 valence electrons. The highest BCUT2D eigenvalue weighted by Gasteiger charge is 2.11. The molecule has 1 aliphatic rings. The number of hydrazone groups is 1. The first kappa shape index (κ1) is 15.4. The zero-order chi connectivity index (χ0) is 15.9. The fourth-order valence-corrected chi connectivity index (χ4v) is 2.52. The standard InChI is InChI=1S/C15H15N3O4S/c19-15(18-16-9-11-2-1-5-20-11)10-17-23-12-3-4-13-14(8-12)22-7-6-21-13/h1-5,8-9,17H,6-7,10H2,(H,18,19)/b16-9+. The molecule has 2 aromatic rings. The van der Waals surface area contributed by atoms with E-state index in [0.717, 1.165) is 16.4 Å². The SMILES string of the molecule is O=C(CNSc1ccc2c(c1)OCCO2)N/N=C/c1ccco1. The summed E-state index contributed by atoms with van der Waals surface area (Å²) in [7, 11) is 0. The minimum atomic E-state index is -0.252. The van der Waals surface area contributed by atoms with Gasteiger partial charge in [0, 0.05) is 4.90 Å². The number of hydrogen-bond acceptors (Lipinski definition) is 7. The van der Waals surface area contributed by atoms with E-state index in [9.17, 15) is 4.79 Å². The third-order valence-electron chi connectivity index (χ3n) is 2.86. The van der Waals surface area contributed by atoms with Gasteiger partial charge in [0.2, 0.25) is 0 Å². The van der Waals surface area contributed by atoms with Crippen LogP contribution in [-0.4, -0.2) is 31.9 Å². The zero-order valence-corrected chi connectivity index (χ0v) is 13.0. The first-order valence-electron chi connectivity index (χ1n) is 6.96. The highest BCUT2D eigenvalue weighted by molar-refractivity contribution is 7.97. The van der Waals surface area contributed by atoms with E-state index in [0.29, 0.717) is 19.0 Å². The topological polar surface area (TPSA) is 85.1 Å². The highest BCUT2D eigenvalue weighted by Crippen LogP contribution is 2.33. The maximum atomic E-state index is 11.6. The molecule has 0 fully saturated rings. The van der Waals surface area contributed by atoms with Gasteiger partial charge in [0.1, 0.15) is 19.0 Å². The molecule has 0 atom stereocenters. The highest BCUT2D eigenvalue weighted by atomic mass is 32.2. The molecule has 0 spiro atoms. The van der Waals surface area contributed by atoms with Crippen molar-refractivity contribution in [3.05, 3.63) is 42.4 Å². The van der Waals surface area contributed by atoms with Gasteiger partial charge in [-0.15, -0.1) is 0 Å². The summed E-state index contributed by atoms with van der Waals surface area (Å²) in [5, 5.41) is 3.79. The molecule has 1 aromatic carbocycles. The molecule has 0 saturated heterocycles. The van der Waals surface area contributed by atoms with Crippen LogP contribution in [0.15, 0.2) is 51.0 Å². The van der Waals surface area contributed by atoms with Gasteiger partial charge in [-0.05, 0) is 42.3 Å². The number of benzene rings is 1. The lowest BCUT2D eigenvalue weighted by Crippen LogP contribution is -2.27. The first-order valence-corrected chi connectivity index (χ1v) is 7.78. The Morgan fingerprint density at radius 3 is 2.96 bits per heavy atom. The molecular weight excluding hydrogens is 318 g/mol. The largest absolute Gasteiger partial charge is 0.486 e. The molecule has 0 aliphatic carbocycles. The minimum Gasteiger partial charge on any atom is -0.486 e. The smallest absolute Gasteiger partial charge is 0.254 e. The molecule has 0 saturated carbocycles. The van der Waals surface area contributed by atoms with Crippen LogP contribution >= 0.6 is 11.9 Å². The number of fused-ring (bicyclic) bond motifs is 1. The van der Waals surface area contributed by atoms with Crippen LogP contribution in [0.25, 0.3) is 0 Å². The van der Waals surface area contributed by atoms with Crippen molar-refractivity contribution in [2.24, 2.45) is 5.10 Å². The van der Waals surface area contributed by atoms with Crippen LogP contribution in [-0.2, 0) is 4.79 Å². The molecule has 2 N–H and O–H groups in total. The third-order valence-corrected chi connectivity index (χ3v) is 3.64. The Balaban J connectivity index is 1.41. The molecular formula is C15H15N3O4S. The molecule has 3 rings (SSSR count). The van der Waals surface area contributed by atoms with E-state index in [4.69, 9.17) is 13.9 Å². The molecule has 1 aromatic heterocycles. The lowest BCUT2D eigenvalue weighted by molar-refractivity contribution is -0.119. The van der Waals surface area contributed by atoms with E-state index >= 15 is 0 Å². The number of amides is 1. The molecule has 8 heteroatoms. The fraction of sp³-hybridized carbons (Fsp3) is 0.200. The Hall–Kier alpha value is -2.45. The molecule has 7 nitrogen and oxygen atoms in total. The fourth-order valence-electron chi connectivity index (χ4n) is 1.84. The second-order valence-electron chi connectivity index (χ2n) is 4.54. The van der Waals surface area contributed by atoms with Crippen LogP contribution in [0, 0.1) is 0 Å². The molecule has 2 heterocycles. The molecule has 1 aliphatic heterocycles. The number of carbonyl (C=O) groups is 1. The number of furan rings is 1. The maximum Gasteiger partial charge on any atom is 0.254 e. The van der Waals surface area contributed by atoms with Crippen molar-refractivity contribution < 1.29 is 18.7 Å². The van der Waals surface area contributed by atoms with Gasteiger partial charge in [0.05, 0.1) is 19.0 Å². The number of nitrogens with one attached hydrogen (secondary N) is 2. The van der Waals surface area contributed by atoms with Crippen molar-refractivity contribution in [2.45, 2.75) is 4.90 Å². The third kappa shape index (κ3) is 4.51. The Labute approximate surface area is 137 Å². The maximum absolute atomic E-state index is 11.6. The number of rotatable bonds is 6. The number of carbonyl (C=O) groups excluding carboxylic acids is 1. The second kappa shape index (κ2) is 7.70. The zero-order valence-electron chi connectivity index (χ0n) is 12.2. The average Bonchev–Trinajstić information content (AvgIpc) is 3.08. The van der Waals surface area contributed by atoms with Crippen LogP contribution in [0.4, 0.5) is 0 Å². The summed E-state index contributed by atoms with van der Waals surface area (Å²) in [4.78, 5) is 12.6. The van der Waals surface area contributed by atoms with Crippen molar-refractivity contribution in [1.29, 1.82) is 0 Å². The normalized spacial score (nSPS) is 13.2. The van der Waals surface area contributed by atoms with Crippen molar-refractivity contribution in [1.82, 2.24) is 10.1 Å². The summed E-state index contributed by atoms with van der Waals surface area (Å²) >= 11 is 1.34. The summed E-state index contributed by atoms with van der Waals surface area (Å²) in [5.41, 5.74) is 2.41. The van der Waals surface area contributed by atoms with Gasteiger partial charge in [-0.1, -0.05) is 0 Å². The molecule has 23 heavy (non-hydrogen) atoms. The quantitative estimate of drug-likeness (QED) is 0.476.